The van der Waals surface area contributed by atoms with Crippen molar-refractivity contribution in [2.45, 2.75) is 329 Å². The minimum atomic E-state index is -0.785. The molecule has 0 amide bonds. The summed E-state index contributed by atoms with van der Waals surface area (Å²) in [6.07, 6.45) is 84.4. The molecule has 0 aromatic heterocycles. The van der Waals surface area contributed by atoms with Gasteiger partial charge >= 0.3 is 17.9 Å². The largest absolute Gasteiger partial charge is 0.462 e. The number of hydrogen-bond acceptors (Lipinski definition) is 6. The van der Waals surface area contributed by atoms with E-state index in [1.54, 1.807) is 0 Å². The monoisotopic (exact) mass is 1060 g/mol. The van der Waals surface area contributed by atoms with Crippen LogP contribution in [0.4, 0.5) is 0 Å². The van der Waals surface area contributed by atoms with Crippen molar-refractivity contribution in [3.63, 3.8) is 0 Å². The van der Waals surface area contributed by atoms with Gasteiger partial charge in [0.2, 0.25) is 0 Å². The number of carbonyl (C=O) groups is 3. The van der Waals surface area contributed by atoms with E-state index in [4.69, 9.17) is 14.2 Å². The van der Waals surface area contributed by atoms with Gasteiger partial charge in [-0.3, -0.25) is 14.4 Å². The maximum Gasteiger partial charge on any atom is 0.306 e. The summed E-state index contributed by atoms with van der Waals surface area (Å²) in [5, 5.41) is 0. The third kappa shape index (κ3) is 61.4. The molecule has 0 aliphatic rings. The van der Waals surface area contributed by atoms with Gasteiger partial charge in [-0.05, 0) is 89.9 Å². The van der Waals surface area contributed by atoms with Gasteiger partial charge < -0.3 is 14.2 Å². The molecule has 0 aliphatic heterocycles. The van der Waals surface area contributed by atoms with Gasteiger partial charge in [0.1, 0.15) is 13.2 Å². The Bertz CT molecular complexity index is 1450. The first-order chi connectivity index (χ1) is 37.5. The van der Waals surface area contributed by atoms with Gasteiger partial charge in [0.25, 0.3) is 0 Å². The average molecular weight is 1060 g/mol. The Morgan fingerprint density at radius 2 is 0.526 bits per heavy atom. The molecule has 0 aromatic carbocycles. The third-order valence-corrected chi connectivity index (χ3v) is 14.1. The normalized spacial score (nSPS) is 12.6. The van der Waals surface area contributed by atoms with Gasteiger partial charge in [-0.15, -0.1) is 0 Å². The Morgan fingerprint density at radius 3 is 0.842 bits per heavy atom. The molecule has 6 heteroatoms. The Kier molecular flexibility index (Phi) is 61.2. The van der Waals surface area contributed by atoms with E-state index in [9.17, 15) is 14.4 Å². The summed E-state index contributed by atoms with van der Waals surface area (Å²) in [4.78, 5) is 38.3. The molecule has 1 atom stereocenters. The quantitative estimate of drug-likeness (QED) is 0.0261. The average Bonchev–Trinajstić information content (AvgIpc) is 3.42. The maximum absolute atomic E-state index is 12.9. The van der Waals surface area contributed by atoms with E-state index >= 15 is 0 Å². The van der Waals surface area contributed by atoms with Gasteiger partial charge in [-0.25, -0.2) is 0 Å². The second-order valence-electron chi connectivity index (χ2n) is 21.6. The molecular formula is C70H122O6. The molecule has 0 heterocycles. The van der Waals surface area contributed by atoms with Crippen molar-refractivity contribution in [1.29, 1.82) is 0 Å². The molecular weight excluding hydrogens is 937 g/mol. The lowest BCUT2D eigenvalue weighted by Crippen LogP contribution is -2.30. The number of carbonyl (C=O) groups excluding carboxylic acids is 3. The fourth-order valence-electron chi connectivity index (χ4n) is 9.25. The summed E-state index contributed by atoms with van der Waals surface area (Å²) < 4.78 is 16.9. The Labute approximate surface area is 471 Å². The first-order valence-corrected chi connectivity index (χ1v) is 32.6. The number of hydrogen-bond donors (Lipinski definition) is 0. The van der Waals surface area contributed by atoms with Gasteiger partial charge in [0.05, 0.1) is 0 Å². The summed E-state index contributed by atoms with van der Waals surface area (Å²) in [6, 6.07) is 0. The molecule has 438 valence electrons. The van der Waals surface area contributed by atoms with E-state index in [0.29, 0.717) is 19.3 Å². The van der Waals surface area contributed by atoms with Crippen LogP contribution in [-0.2, 0) is 28.6 Å². The number of unbranched alkanes of at least 4 members (excludes halogenated alkanes) is 34. The molecule has 1 unspecified atom stereocenters. The molecule has 0 saturated carbocycles. The van der Waals surface area contributed by atoms with Crippen LogP contribution < -0.4 is 0 Å². The zero-order chi connectivity index (χ0) is 55.0. The second-order valence-corrected chi connectivity index (χ2v) is 21.6. The standard InChI is InChI=1S/C70H122O6/c1-4-7-10-13-16-19-22-25-28-30-32-33-34-35-36-37-39-40-42-45-48-51-54-57-60-63-69(72)75-66-67(65-74-68(71)62-59-56-53-50-47-44-27-24-21-18-15-12-9-6-3)76-70(73)64-61-58-55-52-49-46-43-41-38-31-29-26-23-20-17-14-11-8-5-2/h7,10,15-16,18-19,24-25,27-28,32-33,35-36,67H,4-6,8-9,11-14,17,20-23,26,29-31,34,37-66H2,1-3H3/b10-7-,18-15-,19-16-,27-24-,28-25-,33-32-,36-35-. The van der Waals surface area contributed by atoms with Crippen LogP contribution in [0.1, 0.15) is 323 Å². The van der Waals surface area contributed by atoms with Crippen LogP contribution in [0.5, 0.6) is 0 Å². The van der Waals surface area contributed by atoms with Crippen molar-refractivity contribution in [2.75, 3.05) is 13.2 Å². The summed E-state index contributed by atoms with van der Waals surface area (Å²) in [6.45, 7) is 6.51. The van der Waals surface area contributed by atoms with Gasteiger partial charge in [-0.2, -0.15) is 0 Å². The first-order valence-electron chi connectivity index (χ1n) is 32.6. The second kappa shape index (κ2) is 64.1. The number of esters is 3. The smallest absolute Gasteiger partial charge is 0.306 e. The minimum absolute atomic E-state index is 0.0816. The molecule has 0 fully saturated rings. The molecule has 6 nitrogen and oxygen atoms in total. The Balaban J connectivity index is 4.33. The highest BCUT2D eigenvalue weighted by Crippen LogP contribution is 2.17. The van der Waals surface area contributed by atoms with Crippen LogP contribution in [0, 0.1) is 0 Å². The summed E-state index contributed by atoms with van der Waals surface area (Å²) in [7, 11) is 0. The van der Waals surface area contributed by atoms with Gasteiger partial charge in [-0.1, -0.05) is 298 Å². The van der Waals surface area contributed by atoms with Crippen LogP contribution in [0.25, 0.3) is 0 Å². The van der Waals surface area contributed by atoms with Crippen molar-refractivity contribution in [3.8, 4) is 0 Å². The van der Waals surface area contributed by atoms with Crippen molar-refractivity contribution >= 4 is 17.9 Å². The number of allylic oxidation sites excluding steroid dienone is 14. The molecule has 76 heavy (non-hydrogen) atoms. The predicted molar refractivity (Wildman–Crippen MR) is 330 cm³/mol. The molecule has 0 bridgehead atoms. The zero-order valence-electron chi connectivity index (χ0n) is 50.3. The molecule has 0 aliphatic carbocycles. The third-order valence-electron chi connectivity index (χ3n) is 14.1. The predicted octanol–water partition coefficient (Wildman–Crippen LogP) is 22.3. The van der Waals surface area contributed by atoms with Crippen LogP contribution >= 0.6 is 0 Å². The summed E-state index contributed by atoms with van der Waals surface area (Å²) in [5.41, 5.74) is 0. The van der Waals surface area contributed by atoms with Crippen molar-refractivity contribution in [3.05, 3.63) is 85.1 Å². The van der Waals surface area contributed by atoms with Gasteiger partial charge in [0.15, 0.2) is 6.10 Å². The molecule has 0 radical (unpaired) electrons. The molecule has 0 saturated heterocycles. The Hall–Kier alpha value is -3.41. The fraction of sp³-hybridized carbons (Fsp3) is 0.757. The molecule has 0 spiro atoms. The van der Waals surface area contributed by atoms with Crippen LogP contribution in [0.3, 0.4) is 0 Å². The van der Waals surface area contributed by atoms with Crippen LogP contribution in [-0.4, -0.2) is 37.2 Å². The Morgan fingerprint density at radius 1 is 0.276 bits per heavy atom. The maximum atomic E-state index is 12.9. The first kappa shape index (κ1) is 72.6. The van der Waals surface area contributed by atoms with E-state index < -0.39 is 6.10 Å². The van der Waals surface area contributed by atoms with Crippen molar-refractivity contribution in [2.24, 2.45) is 0 Å². The zero-order valence-corrected chi connectivity index (χ0v) is 50.3. The van der Waals surface area contributed by atoms with E-state index in [0.717, 1.165) is 116 Å². The van der Waals surface area contributed by atoms with Crippen molar-refractivity contribution in [1.82, 2.24) is 0 Å². The number of ether oxygens (including phenoxy) is 3. The topological polar surface area (TPSA) is 78.9 Å². The van der Waals surface area contributed by atoms with E-state index in [1.165, 1.54) is 167 Å². The van der Waals surface area contributed by atoms with E-state index in [1.807, 2.05) is 0 Å². The molecule has 0 N–H and O–H groups in total. The van der Waals surface area contributed by atoms with Crippen LogP contribution in [0.15, 0.2) is 85.1 Å². The highest BCUT2D eigenvalue weighted by molar-refractivity contribution is 5.71. The lowest BCUT2D eigenvalue weighted by Gasteiger charge is -2.18. The minimum Gasteiger partial charge on any atom is -0.462 e. The SMILES string of the molecule is CC/C=C\C/C=C\C/C=C\C/C=C\C/C=C\CCCCCCCCCCCC(=O)OCC(COC(=O)CCCCCCC/C=C\C/C=C\CCCC)OC(=O)CCCCCCCCCCCCCCCCCCCCC. The lowest BCUT2D eigenvalue weighted by molar-refractivity contribution is -0.167. The number of rotatable bonds is 59. The fourth-order valence-corrected chi connectivity index (χ4v) is 9.25. The van der Waals surface area contributed by atoms with E-state index in [-0.39, 0.29) is 31.1 Å². The lowest BCUT2D eigenvalue weighted by atomic mass is 10.0. The highest BCUT2D eigenvalue weighted by Gasteiger charge is 2.19. The molecule has 0 rings (SSSR count). The van der Waals surface area contributed by atoms with Crippen molar-refractivity contribution < 1.29 is 28.6 Å². The summed E-state index contributed by atoms with van der Waals surface area (Å²) >= 11 is 0. The highest BCUT2D eigenvalue weighted by atomic mass is 16.6. The van der Waals surface area contributed by atoms with Crippen LogP contribution in [0.2, 0.25) is 0 Å². The molecule has 0 aromatic rings. The van der Waals surface area contributed by atoms with E-state index in [2.05, 4.69) is 106 Å². The summed E-state index contributed by atoms with van der Waals surface area (Å²) in [5.74, 6) is -0.886. The van der Waals surface area contributed by atoms with Gasteiger partial charge in [0, 0.05) is 19.3 Å².